The zero-order chi connectivity index (χ0) is 62.8. The van der Waals surface area contributed by atoms with E-state index in [-0.39, 0.29) is 77.7 Å². The standard InChI is InChI=1S/C80H95N3O9/c1-4-11-48(2)32-56-36-55-39-66-58(44-84)40-71(88)76(74(56)66)91-45-59-38-61(80-60-24-22-52-14-10-15-53(75(52)80)23-28-72(80)79(92-46-60)30-6-5-7-31-79)37-57-42-83(43-67(57)59)78-68-47-90-63(41-70(55)87)17-9-12-49(20-25-64(68)65-26-29-73(89-3)81-77(65)82-78)18-19-50-21-27-69(86)54(33-50)34-51-13-8-16-62(85)35-51/h8,10,13-16,21,27,33,35,37-38,40,42-43,48-49,55-56,60,63,70,72-73,77,81-82,84-88H,4-7,9,11-12,17-19,22-24,26,28-32,34,36,39,41,44-47H2,1-3H3/t48-,49+,55+,56+,60+,63-,70-,72-,73-,77?,80-/m0/s1. The maximum atomic E-state index is 12.9. The van der Waals surface area contributed by atoms with E-state index in [1.165, 1.54) is 41.5 Å². The van der Waals surface area contributed by atoms with Crippen molar-refractivity contribution < 1.29 is 44.5 Å². The highest BCUT2D eigenvalue weighted by molar-refractivity contribution is 5.89. The quantitative estimate of drug-likeness (QED) is 0.0583. The molecule has 5 aromatic carbocycles. The third-order valence-corrected chi connectivity index (χ3v) is 23.8. The Kier molecular flexibility index (Phi) is 17.2. The van der Waals surface area contributed by atoms with Gasteiger partial charge in [-0.2, -0.15) is 0 Å². The van der Waals surface area contributed by atoms with Crippen molar-refractivity contribution in [1.29, 1.82) is 0 Å². The van der Waals surface area contributed by atoms with E-state index in [0.717, 1.165) is 177 Å². The van der Waals surface area contributed by atoms with Crippen LogP contribution in [0.15, 0.2) is 108 Å². The average molecular weight is 1240 g/mol. The van der Waals surface area contributed by atoms with Crippen molar-refractivity contribution in [3.63, 3.8) is 0 Å². The lowest BCUT2D eigenvalue weighted by Crippen LogP contribution is -2.64. The largest absolute Gasteiger partial charge is 0.508 e. The van der Waals surface area contributed by atoms with Crippen LogP contribution >= 0.6 is 0 Å². The molecule has 12 heteroatoms. The number of aromatic hydroxyl groups is 3. The highest BCUT2D eigenvalue weighted by atomic mass is 16.5. The Morgan fingerprint density at radius 1 is 0.826 bits per heavy atom. The van der Waals surface area contributed by atoms with Crippen LogP contribution in [0.5, 0.6) is 23.0 Å². The third kappa shape index (κ3) is 11.3. The van der Waals surface area contributed by atoms with Crippen LogP contribution in [-0.2, 0) is 64.9 Å². The van der Waals surface area contributed by atoms with Crippen LogP contribution in [0.25, 0.3) is 16.6 Å². The number of rotatable bonds is 12. The number of hydrogen-bond donors (Lipinski definition) is 7. The number of aliphatic hydroxyl groups excluding tert-OH is 2. The van der Waals surface area contributed by atoms with E-state index in [0.29, 0.717) is 54.9 Å². The fourth-order valence-corrected chi connectivity index (χ4v) is 19.6. The molecule has 6 aromatic rings. The minimum atomic E-state index is -0.694. The number of hydrogen-bond acceptors (Lipinski definition) is 11. The predicted molar refractivity (Wildman–Crippen MR) is 359 cm³/mol. The fourth-order valence-electron chi connectivity index (χ4n) is 19.6. The number of phenols is 3. The fraction of sp³-hybridized carbons (Fsp3) is 0.525. The molecule has 1 spiro atoms. The molecule has 1 aromatic heterocycles. The van der Waals surface area contributed by atoms with Crippen LogP contribution in [0.2, 0.25) is 0 Å². The number of nitrogens with zero attached hydrogens (tertiary/aromatic N) is 1. The molecule has 484 valence electrons. The molecule has 16 rings (SSSR count). The number of aryl methyl sites for hydroxylation is 3. The maximum Gasteiger partial charge on any atom is 0.165 e. The van der Waals surface area contributed by atoms with Crippen molar-refractivity contribution in [3.05, 3.63) is 169 Å². The molecule has 7 N–H and O–H groups in total. The minimum Gasteiger partial charge on any atom is -0.508 e. The van der Waals surface area contributed by atoms with Gasteiger partial charge in [0.2, 0.25) is 0 Å². The van der Waals surface area contributed by atoms with Gasteiger partial charge in [0.1, 0.15) is 36.3 Å². The van der Waals surface area contributed by atoms with Crippen molar-refractivity contribution in [3.8, 4) is 34.8 Å². The number of methoxy groups -OCH3 is 1. The number of aromatic nitrogens is 1. The third-order valence-electron chi connectivity index (χ3n) is 23.8. The van der Waals surface area contributed by atoms with E-state index >= 15 is 0 Å². The summed E-state index contributed by atoms with van der Waals surface area (Å²) < 4.78 is 30.6. The molecule has 1 unspecified atom stereocenters. The lowest BCUT2D eigenvalue weighted by Gasteiger charge is -2.63. The summed E-state index contributed by atoms with van der Waals surface area (Å²) in [6.07, 6.45) is 24.2. The van der Waals surface area contributed by atoms with Crippen molar-refractivity contribution in [2.45, 2.75) is 216 Å². The number of phenolic OH excluding ortho intramolecular Hbond substituents is 3. The Hall–Kier alpha value is -6.56. The molecule has 0 radical (unpaired) electrons. The van der Waals surface area contributed by atoms with Gasteiger partial charge >= 0.3 is 0 Å². The molecule has 0 amide bonds. The number of nitrogens with one attached hydrogen (secondary N) is 2. The van der Waals surface area contributed by atoms with Gasteiger partial charge in [-0.3, -0.25) is 5.32 Å². The van der Waals surface area contributed by atoms with Crippen LogP contribution in [0.4, 0.5) is 0 Å². The second-order valence-corrected chi connectivity index (χ2v) is 29.4. The summed E-state index contributed by atoms with van der Waals surface area (Å²) in [6.45, 7) is 5.62. The van der Waals surface area contributed by atoms with Gasteiger partial charge in [0.15, 0.2) is 11.5 Å². The molecule has 3 fully saturated rings. The second-order valence-electron chi connectivity index (χ2n) is 29.4. The molecule has 11 atom stereocenters. The number of ether oxygens (including phenoxy) is 4. The number of aliphatic hydroxyl groups is 2. The molecular weight excluding hydrogens is 1150 g/mol. The Bertz CT molecular complexity index is 3880. The van der Waals surface area contributed by atoms with Gasteiger partial charge < -0.3 is 54.4 Å². The summed E-state index contributed by atoms with van der Waals surface area (Å²) in [5.41, 5.74) is 15.3. The first-order valence-corrected chi connectivity index (χ1v) is 35.3. The smallest absolute Gasteiger partial charge is 0.165 e. The van der Waals surface area contributed by atoms with Crippen molar-refractivity contribution in [2.75, 3.05) is 20.3 Å². The normalized spacial score (nSPS) is 28.5. The molecule has 2 saturated heterocycles. The highest BCUT2D eigenvalue weighted by Gasteiger charge is 2.63. The van der Waals surface area contributed by atoms with Crippen LogP contribution in [0.3, 0.4) is 0 Å². The summed E-state index contributed by atoms with van der Waals surface area (Å²) in [6, 6.07) is 27.1. The van der Waals surface area contributed by atoms with Gasteiger partial charge in [0.25, 0.3) is 0 Å². The minimum absolute atomic E-state index is 0.0178. The summed E-state index contributed by atoms with van der Waals surface area (Å²) in [7, 11) is 1.78. The van der Waals surface area contributed by atoms with Crippen molar-refractivity contribution >= 4 is 16.6 Å². The van der Waals surface area contributed by atoms with E-state index in [9.17, 15) is 25.5 Å². The molecule has 12 nitrogen and oxygen atoms in total. The Morgan fingerprint density at radius 2 is 1.67 bits per heavy atom. The van der Waals surface area contributed by atoms with E-state index in [1.54, 1.807) is 36.9 Å². The van der Waals surface area contributed by atoms with E-state index in [2.05, 4.69) is 89.7 Å². The molecule has 92 heavy (non-hydrogen) atoms. The zero-order valence-corrected chi connectivity index (χ0v) is 54.3. The lowest BCUT2D eigenvalue weighted by molar-refractivity contribution is -0.193. The Balaban J connectivity index is 0.912. The van der Waals surface area contributed by atoms with Gasteiger partial charge in [-0.25, -0.2) is 0 Å². The Morgan fingerprint density at radius 3 is 2.50 bits per heavy atom. The van der Waals surface area contributed by atoms with Gasteiger partial charge in [0, 0.05) is 70.7 Å². The summed E-state index contributed by atoms with van der Waals surface area (Å²) in [5, 5.41) is 68.1. The van der Waals surface area contributed by atoms with Gasteiger partial charge in [-0.05, 0) is 224 Å². The molecule has 4 aliphatic carbocycles. The van der Waals surface area contributed by atoms with Crippen LogP contribution in [0, 0.1) is 41.4 Å². The SMILES string of the molecule is CCC[C@H](C)C[C@@H]1C[C@@H]2Cc3c(CO)cc(O)c(c31)OCc1cc([C@]34c5c6cccc5CC[C@H]3C3(CCCCC3)OC[C@H]4CC6)cc3cn(cc13)C1=C3CO[C@@H](CCC[C@H](CCc4ccc(O)c(Cc5cccc(O)c5)c4)C#CC3=C3CC[C@H](OC)NC3N1)C[C@@H]2O. The van der Waals surface area contributed by atoms with Crippen LogP contribution in [0.1, 0.15) is 197 Å². The molecular formula is C80H95N3O9. The summed E-state index contributed by atoms with van der Waals surface area (Å²) in [5.74, 6) is 10.7. The number of benzene rings is 5. The van der Waals surface area contributed by atoms with Gasteiger partial charge in [-0.15, -0.1) is 0 Å². The number of piperidine rings is 1. The first-order valence-electron chi connectivity index (χ1n) is 35.3. The van der Waals surface area contributed by atoms with Crippen LogP contribution < -0.4 is 15.4 Å². The van der Waals surface area contributed by atoms with Gasteiger partial charge in [-0.1, -0.05) is 106 Å². The molecule has 6 aliphatic heterocycles. The predicted octanol–water partition coefficient (Wildman–Crippen LogP) is 14.4. The summed E-state index contributed by atoms with van der Waals surface area (Å²) in [4.78, 5) is 0. The molecule has 7 heterocycles. The zero-order valence-electron chi connectivity index (χ0n) is 54.3. The first kappa shape index (κ1) is 61.6. The molecule has 1 saturated carbocycles. The van der Waals surface area contributed by atoms with E-state index in [4.69, 9.17) is 18.9 Å². The maximum absolute atomic E-state index is 12.9. The van der Waals surface area contributed by atoms with Gasteiger partial charge in [0.05, 0.1) is 37.6 Å². The van der Waals surface area contributed by atoms with Crippen LogP contribution in [-0.4, -0.2) is 80.6 Å². The first-order chi connectivity index (χ1) is 44.9. The monoisotopic (exact) mass is 1240 g/mol. The Labute approximate surface area is 543 Å². The topological polar surface area (TPSA) is 167 Å². The van der Waals surface area contributed by atoms with E-state index in [1.807, 2.05) is 18.2 Å². The number of fused-ring (bicyclic) bond motifs is 5. The van der Waals surface area contributed by atoms with Crippen molar-refractivity contribution in [1.82, 2.24) is 15.2 Å². The molecule has 8 bridgehead atoms. The highest BCUT2D eigenvalue weighted by Crippen LogP contribution is 2.65. The lowest BCUT2D eigenvalue weighted by atomic mass is 9.45. The second kappa shape index (κ2) is 25.6. The number of dihydropyridines is 1. The summed E-state index contributed by atoms with van der Waals surface area (Å²) >= 11 is 0. The van der Waals surface area contributed by atoms with E-state index < -0.39 is 6.10 Å². The molecule has 10 aliphatic rings. The van der Waals surface area contributed by atoms with Crippen molar-refractivity contribution in [2.24, 2.45) is 29.6 Å². The average Bonchev–Trinajstić information content (AvgIpc) is 0.724.